The number of nitrogens with one attached hydrogen (secondary N) is 2. The molecule has 1 aromatic heterocycles. The molecule has 0 aliphatic carbocycles. The lowest BCUT2D eigenvalue weighted by Crippen LogP contribution is -2.18. The Hall–Kier alpha value is -3.03. The Morgan fingerprint density at radius 2 is 1.85 bits per heavy atom. The number of hydrogen-bond donors (Lipinski definition) is 2. The van der Waals surface area contributed by atoms with Crippen molar-refractivity contribution in [3.8, 4) is 17.3 Å². The SMILES string of the molecule is CCCC1=C(C#N)C(c2ccccc2Cl)c2c(n[nH]c2-c2ccccc2)N1. The van der Waals surface area contributed by atoms with Crippen LogP contribution in [0.3, 0.4) is 0 Å². The molecule has 3 aromatic rings. The molecular weight excluding hydrogens is 356 g/mol. The van der Waals surface area contributed by atoms with E-state index in [-0.39, 0.29) is 5.92 Å². The number of benzene rings is 2. The summed E-state index contributed by atoms with van der Waals surface area (Å²) in [5.74, 6) is 0.511. The van der Waals surface area contributed by atoms with Gasteiger partial charge < -0.3 is 5.32 Å². The summed E-state index contributed by atoms with van der Waals surface area (Å²) in [5.41, 5.74) is 5.45. The molecule has 0 fully saturated rings. The molecule has 0 radical (unpaired) electrons. The van der Waals surface area contributed by atoms with Crippen molar-refractivity contribution in [1.82, 2.24) is 10.2 Å². The number of nitriles is 1. The highest BCUT2D eigenvalue weighted by Gasteiger charge is 2.35. The van der Waals surface area contributed by atoms with Crippen LogP contribution in [-0.4, -0.2) is 10.2 Å². The molecule has 27 heavy (non-hydrogen) atoms. The van der Waals surface area contributed by atoms with E-state index in [0.29, 0.717) is 10.6 Å². The van der Waals surface area contributed by atoms with Crippen LogP contribution in [0.4, 0.5) is 5.82 Å². The van der Waals surface area contributed by atoms with Gasteiger partial charge in [-0.1, -0.05) is 73.5 Å². The first-order chi connectivity index (χ1) is 13.2. The van der Waals surface area contributed by atoms with E-state index < -0.39 is 0 Å². The number of fused-ring (bicyclic) bond motifs is 1. The van der Waals surface area contributed by atoms with Crippen LogP contribution in [0.1, 0.15) is 36.8 Å². The number of H-pyrrole nitrogens is 1. The number of aromatic nitrogens is 2. The van der Waals surface area contributed by atoms with Gasteiger partial charge in [-0.2, -0.15) is 10.4 Å². The van der Waals surface area contributed by atoms with Gasteiger partial charge in [0, 0.05) is 16.3 Å². The van der Waals surface area contributed by atoms with Crippen LogP contribution < -0.4 is 5.32 Å². The molecule has 0 saturated heterocycles. The van der Waals surface area contributed by atoms with Crippen molar-refractivity contribution in [1.29, 1.82) is 5.26 Å². The molecule has 4 nitrogen and oxygen atoms in total. The summed E-state index contributed by atoms with van der Waals surface area (Å²) in [6, 6.07) is 20.2. The van der Waals surface area contributed by atoms with Crippen LogP contribution in [0.5, 0.6) is 0 Å². The Morgan fingerprint density at radius 3 is 2.56 bits per heavy atom. The van der Waals surface area contributed by atoms with Crippen LogP contribution >= 0.6 is 11.6 Å². The molecule has 0 spiro atoms. The molecule has 134 valence electrons. The number of halogens is 1. The fraction of sp³-hybridized carbons (Fsp3) is 0.182. The maximum atomic E-state index is 10.0. The molecule has 0 amide bonds. The molecule has 1 atom stereocenters. The van der Waals surface area contributed by atoms with Gasteiger partial charge in [-0.15, -0.1) is 0 Å². The minimum atomic E-state index is -0.254. The molecule has 1 aliphatic heterocycles. The largest absolute Gasteiger partial charge is 0.341 e. The summed E-state index contributed by atoms with van der Waals surface area (Å²) in [7, 11) is 0. The average Bonchev–Trinajstić information content (AvgIpc) is 3.12. The molecule has 4 rings (SSSR count). The minimum absolute atomic E-state index is 0.254. The van der Waals surface area contributed by atoms with Crippen molar-refractivity contribution < 1.29 is 0 Å². The highest BCUT2D eigenvalue weighted by Crippen LogP contribution is 2.47. The Kier molecular flexibility index (Phi) is 4.70. The van der Waals surface area contributed by atoms with Gasteiger partial charge in [-0.3, -0.25) is 5.10 Å². The smallest absolute Gasteiger partial charge is 0.156 e. The first-order valence-corrected chi connectivity index (χ1v) is 9.40. The van der Waals surface area contributed by atoms with Gasteiger partial charge in [0.2, 0.25) is 0 Å². The average molecular weight is 375 g/mol. The highest BCUT2D eigenvalue weighted by molar-refractivity contribution is 6.31. The van der Waals surface area contributed by atoms with Crippen molar-refractivity contribution in [3.63, 3.8) is 0 Å². The van der Waals surface area contributed by atoms with Crippen molar-refractivity contribution in [2.75, 3.05) is 5.32 Å². The Labute approximate surface area is 163 Å². The van der Waals surface area contributed by atoms with E-state index in [1.54, 1.807) is 0 Å². The first-order valence-electron chi connectivity index (χ1n) is 9.02. The Bertz CT molecular complexity index is 1040. The summed E-state index contributed by atoms with van der Waals surface area (Å²) >= 11 is 6.55. The van der Waals surface area contributed by atoms with Gasteiger partial charge >= 0.3 is 0 Å². The third-order valence-corrected chi connectivity index (χ3v) is 5.22. The number of aromatic amines is 1. The summed E-state index contributed by atoms with van der Waals surface area (Å²) in [6.45, 7) is 2.10. The number of nitrogens with zero attached hydrogens (tertiary/aromatic N) is 2. The minimum Gasteiger partial charge on any atom is -0.341 e. The van der Waals surface area contributed by atoms with Crippen LogP contribution in [0.15, 0.2) is 65.9 Å². The molecule has 1 unspecified atom stereocenters. The van der Waals surface area contributed by atoms with E-state index >= 15 is 0 Å². The van der Waals surface area contributed by atoms with Gasteiger partial charge in [0.05, 0.1) is 23.3 Å². The third-order valence-electron chi connectivity index (χ3n) is 4.87. The lowest BCUT2D eigenvalue weighted by molar-refractivity contribution is 0.849. The number of allylic oxidation sites excluding steroid dienone is 2. The molecule has 2 N–H and O–H groups in total. The summed E-state index contributed by atoms with van der Waals surface area (Å²) in [4.78, 5) is 0. The number of rotatable bonds is 4. The monoisotopic (exact) mass is 374 g/mol. The number of hydrogen-bond acceptors (Lipinski definition) is 3. The second-order valence-corrected chi connectivity index (χ2v) is 6.97. The number of anilines is 1. The molecule has 5 heteroatoms. The van der Waals surface area contributed by atoms with Crippen LogP contribution in [0.25, 0.3) is 11.3 Å². The molecule has 2 aromatic carbocycles. The van der Waals surface area contributed by atoms with Gasteiger partial charge in [0.25, 0.3) is 0 Å². The van der Waals surface area contributed by atoms with E-state index in [4.69, 9.17) is 11.6 Å². The fourth-order valence-corrected chi connectivity index (χ4v) is 3.92. The first kappa shape index (κ1) is 17.4. The Morgan fingerprint density at radius 1 is 1.11 bits per heavy atom. The molecule has 1 aliphatic rings. The van der Waals surface area contributed by atoms with E-state index in [0.717, 1.165) is 46.7 Å². The quantitative estimate of drug-likeness (QED) is 0.600. The highest BCUT2D eigenvalue weighted by atomic mass is 35.5. The summed E-state index contributed by atoms with van der Waals surface area (Å²) in [6.07, 6.45) is 1.73. The van der Waals surface area contributed by atoms with Crippen LogP contribution in [-0.2, 0) is 0 Å². The topological polar surface area (TPSA) is 64.5 Å². The predicted molar refractivity (Wildman–Crippen MR) is 108 cm³/mol. The maximum Gasteiger partial charge on any atom is 0.156 e. The second kappa shape index (κ2) is 7.30. The van der Waals surface area contributed by atoms with E-state index in [1.807, 2.05) is 54.6 Å². The van der Waals surface area contributed by atoms with E-state index in [2.05, 4.69) is 28.5 Å². The normalized spacial score (nSPS) is 15.8. The molecular formula is C22H19ClN4. The van der Waals surface area contributed by atoms with Gasteiger partial charge in [-0.05, 0) is 23.6 Å². The summed E-state index contributed by atoms with van der Waals surface area (Å²) < 4.78 is 0. The van der Waals surface area contributed by atoms with E-state index in [1.165, 1.54) is 0 Å². The van der Waals surface area contributed by atoms with Gasteiger partial charge in [0.15, 0.2) is 5.82 Å². The van der Waals surface area contributed by atoms with E-state index in [9.17, 15) is 5.26 Å². The Balaban J connectivity index is 1.98. The molecule has 0 bridgehead atoms. The molecule has 2 heterocycles. The van der Waals surface area contributed by atoms with Crippen LogP contribution in [0.2, 0.25) is 5.02 Å². The van der Waals surface area contributed by atoms with Crippen molar-refractivity contribution >= 4 is 17.4 Å². The van der Waals surface area contributed by atoms with Gasteiger partial charge in [0.1, 0.15) is 0 Å². The third kappa shape index (κ3) is 3.01. The molecule has 0 saturated carbocycles. The predicted octanol–water partition coefficient (Wildman–Crippen LogP) is 5.87. The zero-order chi connectivity index (χ0) is 18.8. The zero-order valence-electron chi connectivity index (χ0n) is 15.0. The lowest BCUT2D eigenvalue weighted by Gasteiger charge is -2.27. The summed E-state index contributed by atoms with van der Waals surface area (Å²) in [5, 5.41) is 21.7. The fourth-order valence-electron chi connectivity index (χ4n) is 3.68. The van der Waals surface area contributed by atoms with Crippen molar-refractivity contribution in [2.24, 2.45) is 0 Å². The standard InChI is InChI=1S/C22H19ClN4/c1-2-8-18-16(13-24)19(15-11-6-7-12-17(15)23)20-21(26-27-22(20)25-18)14-9-4-3-5-10-14/h3-7,9-12,19H,2,8H2,1H3,(H2,25,26,27). The van der Waals surface area contributed by atoms with Gasteiger partial charge in [-0.25, -0.2) is 0 Å². The van der Waals surface area contributed by atoms with Crippen molar-refractivity contribution in [3.05, 3.63) is 82.0 Å². The van der Waals surface area contributed by atoms with Crippen molar-refractivity contribution in [2.45, 2.75) is 25.7 Å². The van der Waals surface area contributed by atoms with Crippen LogP contribution in [0, 0.1) is 11.3 Å². The lowest BCUT2D eigenvalue weighted by atomic mass is 9.80. The maximum absolute atomic E-state index is 10.0. The second-order valence-electron chi connectivity index (χ2n) is 6.56. The zero-order valence-corrected chi connectivity index (χ0v) is 15.7.